The lowest BCUT2D eigenvalue weighted by molar-refractivity contribution is 0.0686. The van der Waals surface area contributed by atoms with Crippen molar-refractivity contribution in [1.82, 2.24) is 4.98 Å². The van der Waals surface area contributed by atoms with Crippen LogP contribution in [0.1, 0.15) is 26.4 Å². The Morgan fingerprint density at radius 2 is 1.67 bits per heavy atom. The molecule has 0 atom stereocenters. The lowest BCUT2D eigenvalue weighted by atomic mass is 10.1. The molecule has 0 aliphatic rings. The Hall–Kier alpha value is -3.41. The van der Waals surface area contributed by atoms with Crippen molar-refractivity contribution in [2.75, 3.05) is 5.32 Å². The van der Waals surface area contributed by atoms with Crippen LogP contribution < -0.4 is 5.32 Å². The van der Waals surface area contributed by atoms with E-state index in [9.17, 15) is 9.59 Å². The molecule has 120 valence electrons. The number of aromatic carboxylic acids is 2. The summed E-state index contributed by atoms with van der Waals surface area (Å²) in [6.45, 7) is 1.81. The molecular formula is C18H14N2O4. The number of pyridine rings is 1. The van der Waals surface area contributed by atoms with Crippen molar-refractivity contribution < 1.29 is 19.8 Å². The highest BCUT2D eigenvalue weighted by atomic mass is 16.4. The number of fused-ring (bicyclic) bond motifs is 1. The van der Waals surface area contributed by atoms with Crippen LogP contribution in [-0.4, -0.2) is 27.1 Å². The van der Waals surface area contributed by atoms with Gasteiger partial charge in [-0.1, -0.05) is 6.07 Å². The fourth-order valence-corrected chi connectivity index (χ4v) is 2.48. The van der Waals surface area contributed by atoms with Crippen LogP contribution in [0.3, 0.4) is 0 Å². The first kappa shape index (κ1) is 15.5. The predicted octanol–water partition coefficient (Wildman–Crippen LogP) is 3.68. The molecule has 0 fully saturated rings. The average Bonchev–Trinajstić information content (AvgIpc) is 2.54. The van der Waals surface area contributed by atoms with Crippen LogP contribution in [0.4, 0.5) is 11.4 Å². The number of rotatable bonds is 4. The summed E-state index contributed by atoms with van der Waals surface area (Å²) in [4.78, 5) is 26.6. The first-order chi connectivity index (χ1) is 11.4. The van der Waals surface area contributed by atoms with E-state index in [0.29, 0.717) is 11.2 Å². The second-order valence-electron chi connectivity index (χ2n) is 5.36. The Balaban J connectivity index is 2.07. The minimum atomic E-state index is -1.01. The van der Waals surface area contributed by atoms with E-state index in [1.54, 1.807) is 18.2 Å². The molecule has 0 saturated heterocycles. The number of hydrogen-bond acceptors (Lipinski definition) is 4. The molecule has 3 rings (SSSR count). The second-order valence-corrected chi connectivity index (χ2v) is 5.36. The molecule has 3 N–H and O–H groups in total. The van der Waals surface area contributed by atoms with Crippen molar-refractivity contribution >= 4 is 34.2 Å². The normalized spacial score (nSPS) is 10.5. The summed E-state index contributed by atoms with van der Waals surface area (Å²) >= 11 is 0. The van der Waals surface area contributed by atoms with Gasteiger partial charge in [0.05, 0.1) is 16.6 Å². The highest BCUT2D eigenvalue weighted by Gasteiger charge is 2.10. The van der Waals surface area contributed by atoms with Gasteiger partial charge < -0.3 is 15.5 Å². The number of carboxylic acids is 2. The maximum absolute atomic E-state index is 11.1. The number of nitrogens with one attached hydrogen (secondary N) is 1. The van der Waals surface area contributed by atoms with Gasteiger partial charge in [0.15, 0.2) is 0 Å². The van der Waals surface area contributed by atoms with E-state index < -0.39 is 11.9 Å². The van der Waals surface area contributed by atoms with Crippen LogP contribution in [0.25, 0.3) is 10.9 Å². The quantitative estimate of drug-likeness (QED) is 0.677. The molecule has 0 amide bonds. The standard InChI is InChI=1S/C18H14N2O4/c1-10-7-15(20-13-4-2-3-11(8-13)17(21)22)14-6-5-12(18(23)24)9-16(14)19-10/h2-9H,1H3,(H,19,20)(H,21,22)(H,23,24). The molecule has 6 nitrogen and oxygen atoms in total. The van der Waals surface area contributed by atoms with Crippen molar-refractivity contribution in [3.05, 3.63) is 65.4 Å². The third-order valence-corrected chi connectivity index (χ3v) is 3.57. The third kappa shape index (κ3) is 3.03. The molecule has 0 bridgehead atoms. The SMILES string of the molecule is Cc1cc(Nc2cccc(C(=O)O)c2)c2ccc(C(=O)O)cc2n1. The Morgan fingerprint density at radius 1 is 0.958 bits per heavy atom. The maximum Gasteiger partial charge on any atom is 0.335 e. The monoisotopic (exact) mass is 322 g/mol. The van der Waals surface area contributed by atoms with Gasteiger partial charge in [0, 0.05) is 22.5 Å². The first-order valence-electron chi connectivity index (χ1n) is 7.19. The summed E-state index contributed by atoms with van der Waals surface area (Å²) in [5, 5.41) is 22.1. The number of carboxylic acid groups (broad SMARTS) is 2. The van der Waals surface area contributed by atoms with Crippen molar-refractivity contribution in [1.29, 1.82) is 0 Å². The van der Waals surface area contributed by atoms with Gasteiger partial charge in [0.2, 0.25) is 0 Å². The van der Waals surface area contributed by atoms with Gasteiger partial charge in [-0.25, -0.2) is 9.59 Å². The van der Waals surface area contributed by atoms with Crippen LogP contribution in [0.2, 0.25) is 0 Å². The van der Waals surface area contributed by atoms with Crippen molar-refractivity contribution in [2.45, 2.75) is 6.92 Å². The highest BCUT2D eigenvalue weighted by Crippen LogP contribution is 2.27. The van der Waals surface area contributed by atoms with E-state index >= 15 is 0 Å². The van der Waals surface area contributed by atoms with E-state index in [4.69, 9.17) is 10.2 Å². The van der Waals surface area contributed by atoms with Crippen molar-refractivity contribution in [2.24, 2.45) is 0 Å². The summed E-state index contributed by atoms with van der Waals surface area (Å²) in [6, 6.07) is 13.0. The molecule has 0 aliphatic carbocycles. The molecule has 2 aromatic carbocycles. The summed E-state index contributed by atoms with van der Waals surface area (Å²) in [5.41, 5.74) is 3.00. The Bertz CT molecular complexity index is 966. The fourth-order valence-electron chi connectivity index (χ4n) is 2.48. The van der Waals surface area contributed by atoms with Gasteiger partial charge in [-0.15, -0.1) is 0 Å². The predicted molar refractivity (Wildman–Crippen MR) is 90.1 cm³/mol. The number of aryl methyl sites for hydroxylation is 1. The second kappa shape index (κ2) is 6.00. The smallest absolute Gasteiger partial charge is 0.335 e. The number of anilines is 2. The van der Waals surface area contributed by atoms with Crippen LogP contribution in [0.5, 0.6) is 0 Å². The third-order valence-electron chi connectivity index (χ3n) is 3.57. The molecular weight excluding hydrogens is 308 g/mol. The van der Waals surface area contributed by atoms with Crippen molar-refractivity contribution in [3.8, 4) is 0 Å². The largest absolute Gasteiger partial charge is 0.478 e. The lowest BCUT2D eigenvalue weighted by Crippen LogP contribution is -2.00. The van der Waals surface area contributed by atoms with Gasteiger partial charge in [-0.05, 0) is 49.4 Å². The lowest BCUT2D eigenvalue weighted by Gasteiger charge is -2.12. The molecule has 1 aromatic heterocycles. The summed E-state index contributed by atoms with van der Waals surface area (Å²) < 4.78 is 0. The van der Waals surface area contributed by atoms with Crippen molar-refractivity contribution in [3.63, 3.8) is 0 Å². The molecule has 24 heavy (non-hydrogen) atoms. The van der Waals surface area contributed by atoms with E-state index in [1.165, 1.54) is 24.3 Å². The zero-order valence-electron chi connectivity index (χ0n) is 12.8. The Labute approximate surface area is 137 Å². The van der Waals surface area contributed by atoms with Gasteiger partial charge >= 0.3 is 11.9 Å². The van der Waals surface area contributed by atoms with Crippen LogP contribution in [0.15, 0.2) is 48.5 Å². The van der Waals surface area contributed by atoms with E-state index in [1.807, 2.05) is 13.0 Å². The van der Waals surface area contributed by atoms with Gasteiger partial charge in [0.25, 0.3) is 0 Å². The summed E-state index contributed by atoms with van der Waals surface area (Å²) in [6.07, 6.45) is 0. The molecule has 3 aromatic rings. The average molecular weight is 322 g/mol. The number of carbonyl (C=O) groups is 2. The minimum absolute atomic E-state index is 0.166. The number of hydrogen-bond donors (Lipinski definition) is 3. The Morgan fingerprint density at radius 3 is 2.38 bits per heavy atom. The molecule has 1 heterocycles. The van der Waals surface area contributed by atoms with E-state index in [-0.39, 0.29) is 11.1 Å². The van der Waals surface area contributed by atoms with Crippen LogP contribution in [-0.2, 0) is 0 Å². The summed E-state index contributed by atoms with van der Waals surface area (Å²) in [7, 11) is 0. The molecule has 0 unspecified atom stereocenters. The molecule has 0 radical (unpaired) electrons. The summed E-state index contributed by atoms with van der Waals surface area (Å²) in [5.74, 6) is -2.01. The first-order valence-corrected chi connectivity index (χ1v) is 7.19. The highest BCUT2D eigenvalue weighted by molar-refractivity contribution is 5.98. The number of aromatic nitrogens is 1. The molecule has 0 aliphatic heterocycles. The minimum Gasteiger partial charge on any atom is -0.478 e. The molecule has 6 heteroatoms. The molecule has 0 saturated carbocycles. The zero-order chi connectivity index (χ0) is 17.3. The number of nitrogens with zero attached hydrogens (tertiary/aromatic N) is 1. The van der Waals surface area contributed by atoms with Crippen LogP contribution >= 0.6 is 0 Å². The number of benzene rings is 2. The topological polar surface area (TPSA) is 99.5 Å². The van der Waals surface area contributed by atoms with Crippen LogP contribution in [0, 0.1) is 6.92 Å². The fraction of sp³-hybridized carbons (Fsp3) is 0.0556. The Kier molecular flexibility index (Phi) is 3.87. The molecule has 0 spiro atoms. The maximum atomic E-state index is 11.1. The van der Waals surface area contributed by atoms with Gasteiger partial charge in [0.1, 0.15) is 0 Å². The van der Waals surface area contributed by atoms with Gasteiger partial charge in [-0.3, -0.25) is 4.98 Å². The van der Waals surface area contributed by atoms with E-state index in [2.05, 4.69) is 10.3 Å². The van der Waals surface area contributed by atoms with E-state index in [0.717, 1.165) is 16.8 Å². The van der Waals surface area contributed by atoms with Gasteiger partial charge in [-0.2, -0.15) is 0 Å². The zero-order valence-corrected chi connectivity index (χ0v) is 12.8.